The number of nitrogen functional groups attached to an aromatic ring is 2. The molecule has 25 heavy (non-hydrogen) atoms. The van der Waals surface area contributed by atoms with Crippen LogP contribution in [-0.2, 0) is 5.41 Å². The molecule has 128 valence electrons. The van der Waals surface area contributed by atoms with E-state index in [9.17, 15) is 0 Å². The van der Waals surface area contributed by atoms with E-state index in [1.807, 2.05) is 13.0 Å². The minimum atomic E-state index is -0.232. The van der Waals surface area contributed by atoms with Gasteiger partial charge in [-0.2, -0.15) is 0 Å². The van der Waals surface area contributed by atoms with Crippen LogP contribution in [0, 0.1) is 13.8 Å². The van der Waals surface area contributed by atoms with Gasteiger partial charge in [-0.05, 0) is 47.7 Å². The van der Waals surface area contributed by atoms with Gasteiger partial charge in [-0.1, -0.05) is 74.0 Å². The maximum absolute atomic E-state index is 6.34. The third kappa shape index (κ3) is 3.12. The van der Waals surface area contributed by atoms with Crippen molar-refractivity contribution in [2.75, 3.05) is 11.5 Å². The molecule has 0 saturated heterocycles. The van der Waals surface area contributed by atoms with Crippen molar-refractivity contribution in [3.05, 3.63) is 82.9 Å². The van der Waals surface area contributed by atoms with Crippen LogP contribution in [0.25, 0.3) is 11.1 Å². The molecule has 3 aromatic rings. The van der Waals surface area contributed by atoms with Gasteiger partial charge in [0, 0.05) is 16.8 Å². The number of anilines is 2. The number of nitrogens with two attached hydrogens (primary N) is 2. The van der Waals surface area contributed by atoms with Crippen LogP contribution >= 0.6 is 0 Å². The van der Waals surface area contributed by atoms with Crippen LogP contribution in [0.1, 0.15) is 36.1 Å². The highest BCUT2D eigenvalue weighted by molar-refractivity contribution is 5.72. The van der Waals surface area contributed by atoms with Crippen molar-refractivity contribution >= 4 is 11.4 Å². The first-order chi connectivity index (χ1) is 11.8. The van der Waals surface area contributed by atoms with Gasteiger partial charge in [-0.15, -0.1) is 0 Å². The van der Waals surface area contributed by atoms with Gasteiger partial charge >= 0.3 is 0 Å². The van der Waals surface area contributed by atoms with E-state index in [1.165, 1.54) is 22.3 Å². The van der Waals surface area contributed by atoms with Crippen molar-refractivity contribution in [2.45, 2.75) is 33.1 Å². The molecule has 0 fully saturated rings. The van der Waals surface area contributed by atoms with Crippen molar-refractivity contribution in [2.24, 2.45) is 0 Å². The molecule has 3 aromatic carbocycles. The van der Waals surface area contributed by atoms with Crippen LogP contribution in [0.4, 0.5) is 11.4 Å². The lowest BCUT2D eigenvalue weighted by Crippen LogP contribution is -2.22. The highest BCUT2D eigenvalue weighted by atomic mass is 14.6. The van der Waals surface area contributed by atoms with E-state index in [0.717, 1.165) is 22.5 Å². The molecule has 4 N–H and O–H groups in total. The molecule has 0 radical (unpaired) electrons. The third-order valence-electron chi connectivity index (χ3n) is 5.07. The molecule has 0 aliphatic carbocycles. The summed E-state index contributed by atoms with van der Waals surface area (Å²) in [5.74, 6) is 0. The van der Waals surface area contributed by atoms with Crippen LogP contribution in [-0.4, -0.2) is 0 Å². The summed E-state index contributed by atoms with van der Waals surface area (Å²) in [7, 11) is 0. The molecule has 3 rings (SSSR count). The summed E-state index contributed by atoms with van der Waals surface area (Å²) in [4.78, 5) is 0. The number of hydrogen-bond donors (Lipinski definition) is 2. The molecule has 0 saturated carbocycles. The predicted molar refractivity (Wildman–Crippen MR) is 109 cm³/mol. The molecule has 0 unspecified atom stereocenters. The van der Waals surface area contributed by atoms with Crippen molar-refractivity contribution < 1.29 is 0 Å². The van der Waals surface area contributed by atoms with Gasteiger partial charge in [-0.3, -0.25) is 0 Å². The molecule has 0 heterocycles. The summed E-state index contributed by atoms with van der Waals surface area (Å²) in [5, 5.41) is 0. The van der Waals surface area contributed by atoms with Gasteiger partial charge in [-0.25, -0.2) is 0 Å². The summed E-state index contributed by atoms with van der Waals surface area (Å²) in [6.07, 6.45) is 0. The van der Waals surface area contributed by atoms with E-state index in [4.69, 9.17) is 11.5 Å². The normalized spacial score (nSPS) is 11.5. The zero-order valence-electron chi connectivity index (χ0n) is 15.4. The zero-order chi connectivity index (χ0) is 18.2. The minimum Gasteiger partial charge on any atom is -0.398 e. The van der Waals surface area contributed by atoms with Crippen molar-refractivity contribution in [3.8, 4) is 11.1 Å². The fourth-order valence-corrected chi connectivity index (χ4v) is 3.44. The van der Waals surface area contributed by atoms with E-state index < -0.39 is 0 Å². The standard InChI is InChI=1S/C23H26N2/c1-15-9-11-17(12-10-15)18-7-5-6-8-19(18)23(3,4)20-13-16(2)21(24)14-22(20)25/h5-14H,24-25H2,1-4H3. The molecule has 0 aromatic heterocycles. The number of aryl methyl sites for hydroxylation is 2. The van der Waals surface area contributed by atoms with E-state index in [1.54, 1.807) is 0 Å². The highest BCUT2D eigenvalue weighted by Crippen LogP contribution is 2.41. The number of benzene rings is 3. The smallest absolute Gasteiger partial charge is 0.0376 e. The Hall–Kier alpha value is -2.74. The second-order valence-corrected chi connectivity index (χ2v) is 7.33. The Morgan fingerprint density at radius 2 is 1.36 bits per heavy atom. The average Bonchev–Trinajstić information content (AvgIpc) is 2.58. The Labute approximate surface area is 150 Å². The van der Waals surface area contributed by atoms with Crippen LogP contribution in [0.5, 0.6) is 0 Å². The van der Waals surface area contributed by atoms with Crippen LogP contribution in [0.2, 0.25) is 0 Å². The second kappa shape index (κ2) is 6.29. The molecule has 2 heteroatoms. The van der Waals surface area contributed by atoms with Crippen molar-refractivity contribution in [1.29, 1.82) is 0 Å². The lowest BCUT2D eigenvalue weighted by molar-refractivity contribution is 0.644. The molecule has 0 atom stereocenters. The van der Waals surface area contributed by atoms with Gasteiger partial charge < -0.3 is 11.5 Å². The van der Waals surface area contributed by atoms with Crippen LogP contribution in [0.3, 0.4) is 0 Å². The molecular formula is C23H26N2. The summed E-state index contributed by atoms with van der Waals surface area (Å²) in [6, 6.07) is 21.2. The Balaban J connectivity index is 2.19. The molecule has 0 aliphatic rings. The zero-order valence-corrected chi connectivity index (χ0v) is 15.4. The van der Waals surface area contributed by atoms with Gasteiger partial charge in [0.1, 0.15) is 0 Å². The third-order valence-corrected chi connectivity index (χ3v) is 5.07. The lowest BCUT2D eigenvalue weighted by atomic mass is 9.74. The average molecular weight is 330 g/mol. The van der Waals surface area contributed by atoms with Crippen molar-refractivity contribution in [3.63, 3.8) is 0 Å². The maximum Gasteiger partial charge on any atom is 0.0376 e. The first-order valence-corrected chi connectivity index (χ1v) is 8.63. The van der Waals surface area contributed by atoms with E-state index in [0.29, 0.717) is 0 Å². The number of rotatable bonds is 3. The first-order valence-electron chi connectivity index (χ1n) is 8.63. The van der Waals surface area contributed by atoms with Gasteiger partial charge in [0.15, 0.2) is 0 Å². The highest BCUT2D eigenvalue weighted by Gasteiger charge is 2.28. The fourth-order valence-electron chi connectivity index (χ4n) is 3.44. The van der Waals surface area contributed by atoms with Crippen LogP contribution in [0.15, 0.2) is 60.7 Å². The lowest BCUT2D eigenvalue weighted by Gasteiger charge is -2.30. The Morgan fingerprint density at radius 1 is 0.720 bits per heavy atom. The Kier molecular flexibility index (Phi) is 4.30. The fraction of sp³-hybridized carbons (Fsp3) is 0.217. The molecule has 0 bridgehead atoms. The predicted octanol–water partition coefficient (Wildman–Crippen LogP) is 5.46. The van der Waals surface area contributed by atoms with Crippen LogP contribution < -0.4 is 11.5 Å². The summed E-state index contributed by atoms with van der Waals surface area (Å²) in [6.45, 7) is 8.58. The maximum atomic E-state index is 6.34. The summed E-state index contributed by atoms with van der Waals surface area (Å²) >= 11 is 0. The van der Waals surface area contributed by atoms with Gasteiger partial charge in [0.2, 0.25) is 0 Å². The largest absolute Gasteiger partial charge is 0.398 e. The monoisotopic (exact) mass is 330 g/mol. The summed E-state index contributed by atoms with van der Waals surface area (Å²) in [5.41, 5.74) is 20.8. The Morgan fingerprint density at radius 3 is 2.04 bits per heavy atom. The topological polar surface area (TPSA) is 52.0 Å². The Bertz CT molecular complexity index is 906. The van der Waals surface area contributed by atoms with E-state index >= 15 is 0 Å². The second-order valence-electron chi connectivity index (χ2n) is 7.33. The quantitative estimate of drug-likeness (QED) is 0.626. The first kappa shape index (κ1) is 17.1. The van der Waals surface area contributed by atoms with E-state index in [-0.39, 0.29) is 5.41 Å². The SMILES string of the molecule is Cc1ccc(-c2ccccc2C(C)(C)c2cc(C)c(N)cc2N)cc1. The number of hydrogen-bond acceptors (Lipinski definition) is 2. The van der Waals surface area contributed by atoms with Gasteiger partial charge in [0.05, 0.1) is 0 Å². The molecule has 2 nitrogen and oxygen atoms in total. The molecule has 0 aliphatic heterocycles. The van der Waals surface area contributed by atoms with Gasteiger partial charge in [0.25, 0.3) is 0 Å². The molecular weight excluding hydrogens is 304 g/mol. The van der Waals surface area contributed by atoms with Crippen molar-refractivity contribution in [1.82, 2.24) is 0 Å². The molecule has 0 spiro atoms. The molecule has 0 amide bonds. The van der Waals surface area contributed by atoms with E-state index in [2.05, 4.69) is 75.4 Å². The minimum absolute atomic E-state index is 0.232. The summed E-state index contributed by atoms with van der Waals surface area (Å²) < 4.78 is 0.